The quantitative estimate of drug-likeness (QED) is 0.0407. The Balaban J connectivity index is 0.000000971. The van der Waals surface area contributed by atoms with Crippen molar-refractivity contribution in [2.24, 2.45) is 5.41 Å². The van der Waals surface area contributed by atoms with E-state index in [1.165, 1.54) is 36.4 Å². The number of hydrogen-bond acceptors (Lipinski definition) is 10. The van der Waals surface area contributed by atoms with Crippen molar-refractivity contribution in [3.05, 3.63) is 168 Å². The van der Waals surface area contributed by atoms with Crippen molar-refractivity contribution in [2.45, 2.75) is 13.8 Å². The molecule has 0 aliphatic carbocycles. The molecular formula is C49H44N2O12. The summed E-state index contributed by atoms with van der Waals surface area (Å²) in [4.78, 5) is 49.6. The predicted octanol–water partition coefficient (Wildman–Crippen LogP) is 8.89. The molecule has 14 nitrogen and oxygen atoms in total. The number of anilines is 2. The summed E-state index contributed by atoms with van der Waals surface area (Å²) >= 11 is 0. The highest BCUT2D eigenvalue weighted by molar-refractivity contribution is 6.11. The van der Waals surface area contributed by atoms with Gasteiger partial charge in [-0.05, 0) is 109 Å². The Kier molecular flexibility index (Phi) is 16.1. The molecule has 63 heavy (non-hydrogen) atoms. The molecule has 6 aromatic carbocycles. The van der Waals surface area contributed by atoms with Gasteiger partial charge in [-0.25, -0.2) is 9.59 Å². The van der Waals surface area contributed by atoms with Crippen LogP contribution in [0.4, 0.5) is 11.4 Å². The SMILES string of the molecule is C#COc1ccc(C(=O)O)c(C(=O)Nc2ccc(OCC(C)(C)COc3ccc(NC(=O)c4cc(OCCOc5ccccc5)ccc4C(=O)O)cc3)cc2)c1.Oc1ccccc1. The number of benzene rings is 6. The monoisotopic (exact) mass is 852 g/mol. The zero-order valence-corrected chi connectivity index (χ0v) is 34.3. The summed E-state index contributed by atoms with van der Waals surface area (Å²) in [6.45, 7) is 4.93. The third-order valence-corrected chi connectivity index (χ3v) is 8.71. The lowest BCUT2D eigenvalue weighted by atomic mass is 9.96. The standard InChI is InChI=1S/C43H38N2O11.C6H6O/c1-4-52-33-18-20-35(41(48)49)37(24-33)39(46)44-28-10-14-31(15-11-28)55-26-43(2,3)27-56-32-16-12-29(13-17-32)45-40(47)38-25-34(19-21-36(38)42(50)51)54-23-22-53-30-8-6-5-7-9-30;7-6-4-2-1-3-5-6/h1,5-21,24-25H,22-23,26-27H2,2-3H3,(H,44,46)(H,45,47)(H,48,49)(H,50,51);1-5,7H. The number of aromatic hydroxyl groups is 1. The van der Waals surface area contributed by atoms with Gasteiger partial charge in [0.25, 0.3) is 11.8 Å². The highest BCUT2D eigenvalue weighted by atomic mass is 16.5. The average molecular weight is 853 g/mol. The first-order valence-corrected chi connectivity index (χ1v) is 19.3. The smallest absolute Gasteiger partial charge is 0.336 e. The molecule has 322 valence electrons. The Hall–Kier alpha value is -8.44. The van der Waals surface area contributed by atoms with E-state index in [1.54, 1.807) is 72.8 Å². The number of amides is 2. The zero-order valence-electron chi connectivity index (χ0n) is 34.3. The number of nitrogens with one attached hydrogen (secondary N) is 2. The van der Waals surface area contributed by atoms with Crippen molar-refractivity contribution in [2.75, 3.05) is 37.1 Å². The van der Waals surface area contributed by atoms with E-state index in [0.29, 0.717) is 40.1 Å². The molecule has 0 atom stereocenters. The van der Waals surface area contributed by atoms with Gasteiger partial charge >= 0.3 is 11.9 Å². The van der Waals surface area contributed by atoms with E-state index in [2.05, 4.69) is 10.6 Å². The minimum absolute atomic E-state index is 0.0624. The fourth-order valence-electron chi connectivity index (χ4n) is 5.55. The van der Waals surface area contributed by atoms with Gasteiger partial charge in [-0.2, -0.15) is 0 Å². The Bertz CT molecular complexity index is 2520. The lowest BCUT2D eigenvalue weighted by Crippen LogP contribution is -2.28. The number of aromatic carboxylic acids is 2. The predicted molar refractivity (Wildman–Crippen MR) is 235 cm³/mol. The molecular weight excluding hydrogens is 809 g/mol. The molecule has 2 amide bonds. The highest BCUT2D eigenvalue weighted by Gasteiger charge is 2.22. The molecule has 0 aromatic heterocycles. The van der Waals surface area contributed by atoms with Gasteiger partial charge in [0.2, 0.25) is 0 Å². The number of terminal acetylenes is 1. The van der Waals surface area contributed by atoms with Gasteiger partial charge in [0, 0.05) is 16.8 Å². The molecule has 0 spiro atoms. The maximum atomic E-state index is 13.2. The van der Waals surface area contributed by atoms with E-state index in [0.717, 1.165) is 0 Å². The second kappa shape index (κ2) is 22.2. The molecule has 0 unspecified atom stereocenters. The number of phenolic OH excluding ortho intramolecular Hbond substituents is 1. The van der Waals surface area contributed by atoms with Gasteiger partial charge in [0.1, 0.15) is 53.8 Å². The van der Waals surface area contributed by atoms with Crippen LogP contribution in [0.15, 0.2) is 146 Å². The third kappa shape index (κ3) is 14.4. The van der Waals surface area contributed by atoms with Crippen molar-refractivity contribution in [3.63, 3.8) is 0 Å². The van der Waals surface area contributed by atoms with Crippen molar-refractivity contribution in [1.29, 1.82) is 0 Å². The van der Waals surface area contributed by atoms with E-state index in [9.17, 15) is 29.4 Å². The summed E-state index contributed by atoms with van der Waals surface area (Å²) in [7, 11) is 0. The second-order valence-electron chi connectivity index (χ2n) is 14.3. The van der Waals surface area contributed by atoms with Crippen LogP contribution in [0.25, 0.3) is 0 Å². The average Bonchev–Trinajstić information content (AvgIpc) is 3.28. The van der Waals surface area contributed by atoms with Gasteiger partial charge in [-0.3, -0.25) is 9.59 Å². The maximum Gasteiger partial charge on any atom is 0.336 e. The van der Waals surface area contributed by atoms with Gasteiger partial charge in [-0.1, -0.05) is 56.7 Å². The number of carbonyl (C=O) groups excluding carboxylic acids is 2. The summed E-state index contributed by atoms with van der Waals surface area (Å²) in [5, 5.41) is 33.2. The van der Waals surface area contributed by atoms with E-state index < -0.39 is 29.2 Å². The Morgan fingerprint density at radius 3 is 1.35 bits per heavy atom. The van der Waals surface area contributed by atoms with E-state index in [-0.39, 0.29) is 54.4 Å². The lowest BCUT2D eigenvalue weighted by Gasteiger charge is -2.25. The molecule has 0 heterocycles. The van der Waals surface area contributed by atoms with Crippen LogP contribution in [0.5, 0.6) is 34.5 Å². The van der Waals surface area contributed by atoms with Gasteiger partial charge in [-0.15, -0.1) is 0 Å². The fraction of sp³-hybridized carbons (Fsp3) is 0.143. The minimum Gasteiger partial charge on any atom is -0.508 e. The number of hydrogen-bond donors (Lipinski definition) is 5. The number of carboxylic acids is 2. The molecule has 0 fully saturated rings. The minimum atomic E-state index is -1.28. The Morgan fingerprint density at radius 2 is 0.921 bits per heavy atom. The molecule has 0 saturated carbocycles. The molecule has 5 N–H and O–H groups in total. The Labute approximate surface area is 363 Å². The van der Waals surface area contributed by atoms with Crippen LogP contribution in [0.3, 0.4) is 0 Å². The van der Waals surface area contributed by atoms with Crippen LogP contribution < -0.4 is 34.3 Å². The maximum absolute atomic E-state index is 13.2. The van der Waals surface area contributed by atoms with Gasteiger partial charge in [0.15, 0.2) is 0 Å². The summed E-state index contributed by atoms with van der Waals surface area (Å²) in [5.74, 6) is -1.24. The molecule has 0 saturated heterocycles. The lowest BCUT2D eigenvalue weighted by molar-refractivity contribution is 0.0683. The summed E-state index contributed by atoms with van der Waals surface area (Å²) in [5.41, 5.74) is -0.157. The summed E-state index contributed by atoms with van der Waals surface area (Å²) in [6, 6.07) is 39.2. The topological polar surface area (TPSA) is 199 Å². The van der Waals surface area contributed by atoms with Crippen LogP contribution in [-0.4, -0.2) is 65.5 Å². The van der Waals surface area contributed by atoms with Gasteiger partial charge < -0.3 is 49.6 Å². The normalized spacial score (nSPS) is 10.4. The first kappa shape index (κ1) is 45.6. The van der Waals surface area contributed by atoms with Crippen molar-refractivity contribution in [1.82, 2.24) is 0 Å². The van der Waals surface area contributed by atoms with Crippen molar-refractivity contribution in [3.8, 4) is 47.0 Å². The first-order chi connectivity index (χ1) is 30.3. The molecule has 14 heteroatoms. The summed E-state index contributed by atoms with van der Waals surface area (Å²) in [6.07, 6.45) is 7.13. The van der Waals surface area contributed by atoms with Crippen LogP contribution in [-0.2, 0) is 0 Å². The molecule has 0 radical (unpaired) electrons. The van der Waals surface area contributed by atoms with Crippen molar-refractivity contribution < 1.29 is 58.2 Å². The Morgan fingerprint density at radius 1 is 0.524 bits per heavy atom. The van der Waals surface area contributed by atoms with Crippen LogP contribution in [0.1, 0.15) is 55.3 Å². The highest BCUT2D eigenvalue weighted by Crippen LogP contribution is 2.26. The molecule has 0 aliphatic rings. The first-order valence-electron chi connectivity index (χ1n) is 19.3. The van der Waals surface area contributed by atoms with Crippen molar-refractivity contribution >= 4 is 35.1 Å². The van der Waals surface area contributed by atoms with Crippen LogP contribution in [0.2, 0.25) is 0 Å². The van der Waals surface area contributed by atoms with E-state index >= 15 is 0 Å². The van der Waals surface area contributed by atoms with Crippen LogP contribution in [0, 0.1) is 17.9 Å². The number of phenols is 1. The largest absolute Gasteiger partial charge is 0.508 e. The number of rotatable bonds is 18. The number of para-hydroxylation sites is 2. The number of carboxylic acid groups (broad SMARTS) is 2. The van der Waals surface area contributed by atoms with E-state index in [1.807, 2.05) is 56.4 Å². The number of carbonyl (C=O) groups is 4. The molecule has 0 aliphatic heterocycles. The fourth-order valence-corrected chi connectivity index (χ4v) is 5.55. The molecule has 0 bridgehead atoms. The third-order valence-electron chi connectivity index (χ3n) is 8.71. The van der Waals surface area contributed by atoms with Gasteiger partial charge in [0.05, 0.1) is 35.5 Å². The van der Waals surface area contributed by atoms with E-state index in [4.69, 9.17) is 35.2 Å². The second-order valence-corrected chi connectivity index (χ2v) is 14.3. The van der Waals surface area contributed by atoms with Crippen LogP contribution >= 0.6 is 0 Å². The number of ether oxygens (including phenoxy) is 5. The zero-order chi connectivity index (χ0) is 45.2. The molecule has 6 aromatic rings. The summed E-state index contributed by atoms with van der Waals surface area (Å²) < 4.78 is 28.2. The molecule has 6 rings (SSSR count).